The molecule has 3 aromatic heterocycles. The van der Waals surface area contributed by atoms with E-state index in [0.717, 1.165) is 43.0 Å². The summed E-state index contributed by atoms with van der Waals surface area (Å²) in [5.74, 6) is 0.343. The number of nitrogens with two attached hydrogens (primary N) is 1. The van der Waals surface area contributed by atoms with Gasteiger partial charge in [-0.25, -0.2) is 19.9 Å². The monoisotopic (exact) mass is 563 g/mol. The summed E-state index contributed by atoms with van der Waals surface area (Å²) >= 11 is 0. The largest absolute Gasteiger partial charge is 0.382 e. The number of fused-ring (bicyclic) bond motifs is 3. The van der Waals surface area contributed by atoms with Crippen LogP contribution in [0.5, 0.6) is 0 Å². The second kappa shape index (κ2) is 10.2. The van der Waals surface area contributed by atoms with Crippen LogP contribution in [0.2, 0.25) is 0 Å². The molecule has 2 fully saturated rings. The van der Waals surface area contributed by atoms with Crippen LogP contribution < -0.4 is 11.1 Å². The Bertz CT molecular complexity index is 1540. The number of imidazole rings is 2. The normalized spacial score (nSPS) is 24.1. The summed E-state index contributed by atoms with van der Waals surface area (Å²) in [5.41, 5.74) is 9.72. The second-order valence-corrected chi connectivity index (χ2v) is 12.5. The van der Waals surface area contributed by atoms with Crippen LogP contribution in [0.25, 0.3) is 22.2 Å². The number of aromatic amines is 1. The SMILES string of the molecule is CCN(CCCNc1nc2ccc(C(C)(C)C)cc2[nH]1)CC1OCC2(n3cnc4c(N)ncnc43)OC(C)(C)OC12. The van der Waals surface area contributed by atoms with Crippen molar-refractivity contribution in [3.8, 4) is 0 Å². The van der Waals surface area contributed by atoms with E-state index in [1.54, 1.807) is 6.33 Å². The molecular formula is C29H41N9O3. The maximum atomic E-state index is 6.53. The van der Waals surface area contributed by atoms with Crippen LogP contribution in [0.1, 0.15) is 53.5 Å². The summed E-state index contributed by atoms with van der Waals surface area (Å²) in [7, 11) is 0. The van der Waals surface area contributed by atoms with E-state index in [9.17, 15) is 0 Å². The van der Waals surface area contributed by atoms with Gasteiger partial charge < -0.3 is 35.1 Å². The minimum Gasteiger partial charge on any atom is -0.382 e. The lowest BCUT2D eigenvalue weighted by atomic mass is 9.87. The average Bonchev–Trinajstić information content (AvgIpc) is 3.66. The lowest BCUT2D eigenvalue weighted by Crippen LogP contribution is -2.47. The number of anilines is 2. The molecule has 6 rings (SSSR count). The Hall–Kier alpha value is -3.32. The Balaban J connectivity index is 1.09. The van der Waals surface area contributed by atoms with Crippen LogP contribution in [-0.2, 0) is 25.4 Å². The molecule has 0 bridgehead atoms. The molecule has 5 heterocycles. The zero-order chi connectivity index (χ0) is 29.0. The molecule has 0 spiro atoms. The molecule has 0 aliphatic carbocycles. The van der Waals surface area contributed by atoms with Crippen LogP contribution in [0.15, 0.2) is 30.9 Å². The molecule has 3 unspecified atom stereocenters. The molecule has 2 aliphatic rings. The topological polar surface area (TPSA) is 141 Å². The molecule has 12 heteroatoms. The van der Waals surface area contributed by atoms with Crippen LogP contribution in [0, 0.1) is 0 Å². The third-order valence-electron chi connectivity index (χ3n) is 8.07. The van der Waals surface area contributed by atoms with Gasteiger partial charge in [0.05, 0.1) is 24.0 Å². The highest BCUT2D eigenvalue weighted by Gasteiger charge is 2.63. The molecule has 2 aliphatic heterocycles. The van der Waals surface area contributed by atoms with Crippen LogP contribution in [0.4, 0.5) is 11.8 Å². The van der Waals surface area contributed by atoms with Gasteiger partial charge >= 0.3 is 0 Å². The lowest BCUT2D eigenvalue weighted by Gasteiger charge is -2.29. The summed E-state index contributed by atoms with van der Waals surface area (Å²) in [4.78, 5) is 23.5. The number of hydrogen-bond donors (Lipinski definition) is 3. The first-order valence-corrected chi connectivity index (χ1v) is 14.4. The minimum absolute atomic E-state index is 0.0968. The molecular weight excluding hydrogens is 522 g/mol. The highest BCUT2D eigenvalue weighted by atomic mass is 16.8. The Kier molecular flexibility index (Phi) is 6.92. The Morgan fingerprint density at radius 2 is 2.05 bits per heavy atom. The first-order chi connectivity index (χ1) is 19.5. The van der Waals surface area contributed by atoms with Crippen LogP contribution >= 0.6 is 0 Å². The minimum atomic E-state index is -0.890. The molecule has 41 heavy (non-hydrogen) atoms. The number of ether oxygens (including phenoxy) is 3. The molecule has 4 aromatic rings. The zero-order valence-corrected chi connectivity index (χ0v) is 24.8. The van der Waals surface area contributed by atoms with E-state index in [0.29, 0.717) is 30.1 Å². The number of nitrogen functional groups attached to an aromatic ring is 1. The van der Waals surface area contributed by atoms with Gasteiger partial charge in [0, 0.05) is 13.1 Å². The summed E-state index contributed by atoms with van der Waals surface area (Å²) in [6.45, 7) is 16.3. The summed E-state index contributed by atoms with van der Waals surface area (Å²) in [6.07, 6.45) is 3.56. The standard InChI is InChI=1S/C29H41N9O3/c1-7-37(12-8-11-31-26-35-19-10-9-18(27(2,3)4)13-20(19)36-26)14-21-23-29(15-39-21,41-28(5,6)40-23)38-17-34-22-24(30)32-16-33-25(22)38/h9-10,13,16-17,21,23H,7-8,11-12,14-15H2,1-6H3,(H2,30,32,33)(H2,31,35,36). The fourth-order valence-corrected chi connectivity index (χ4v) is 5.93. The van der Waals surface area contributed by atoms with E-state index >= 15 is 0 Å². The van der Waals surface area contributed by atoms with Crippen LogP contribution in [-0.4, -0.2) is 85.2 Å². The van der Waals surface area contributed by atoms with Gasteiger partial charge in [-0.3, -0.25) is 4.57 Å². The molecule has 1 aromatic carbocycles. The van der Waals surface area contributed by atoms with Crippen molar-refractivity contribution in [2.75, 3.05) is 43.8 Å². The van der Waals surface area contributed by atoms with Gasteiger partial charge in [0.25, 0.3) is 0 Å². The average molecular weight is 564 g/mol. The Morgan fingerprint density at radius 1 is 1.22 bits per heavy atom. The highest BCUT2D eigenvalue weighted by molar-refractivity contribution is 5.81. The Morgan fingerprint density at radius 3 is 2.83 bits per heavy atom. The number of hydrogen-bond acceptors (Lipinski definition) is 10. The molecule has 220 valence electrons. The smallest absolute Gasteiger partial charge is 0.203 e. The molecule has 0 amide bonds. The number of H-pyrrole nitrogens is 1. The fraction of sp³-hybridized carbons (Fsp3) is 0.586. The molecule has 0 saturated carbocycles. The first kappa shape index (κ1) is 27.8. The van der Waals surface area contributed by atoms with Crippen molar-refractivity contribution in [1.29, 1.82) is 0 Å². The van der Waals surface area contributed by atoms with Crippen molar-refractivity contribution in [1.82, 2.24) is 34.4 Å². The molecule has 0 radical (unpaired) electrons. The van der Waals surface area contributed by atoms with Gasteiger partial charge in [0.15, 0.2) is 17.3 Å². The van der Waals surface area contributed by atoms with Crippen molar-refractivity contribution in [2.45, 2.75) is 77.1 Å². The number of benzene rings is 1. The van der Waals surface area contributed by atoms with Crippen molar-refractivity contribution < 1.29 is 14.2 Å². The van der Waals surface area contributed by atoms with E-state index in [1.807, 2.05) is 18.4 Å². The van der Waals surface area contributed by atoms with E-state index in [1.165, 1.54) is 11.9 Å². The van der Waals surface area contributed by atoms with E-state index < -0.39 is 11.5 Å². The van der Waals surface area contributed by atoms with Gasteiger partial charge in [-0.1, -0.05) is 33.8 Å². The van der Waals surface area contributed by atoms with E-state index in [-0.39, 0.29) is 17.6 Å². The van der Waals surface area contributed by atoms with E-state index in [2.05, 4.69) is 76.0 Å². The fourth-order valence-electron chi connectivity index (χ4n) is 5.93. The predicted molar refractivity (Wildman–Crippen MR) is 158 cm³/mol. The van der Waals surface area contributed by atoms with Crippen molar-refractivity contribution in [2.24, 2.45) is 0 Å². The number of aromatic nitrogens is 6. The number of rotatable bonds is 9. The summed E-state index contributed by atoms with van der Waals surface area (Å²) < 4.78 is 21.2. The van der Waals surface area contributed by atoms with Gasteiger partial charge in [-0.15, -0.1) is 0 Å². The van der Waals surface area contributed by atoms with E-state index in [4.69, 9.17) is 24.9 Å². The molecule has 3 atom stereocenters. The summed E-state index contributed by atoms with van der Waals surface area (Å²) in [6, 6.07) is 6.44. The number of nitrogens with zero attached hydrogens (tertiary/aromatic N) is 6. The predicted octanol–water partition coefficient (Wildman–Crippen LogP) is 3.61. The molecule has 4 N–H and O–H groups in total. The molecule has 2 saturated heterocycles. The van der Waals surface area contributed by atoms with Gasteiger partial charge in [-0.2, -0.15) is 0 Å². The highest BCUT2D eigenvalue weighted by Crippen LogP contribution is 2.47. The maximum absolute atomic E-state index is 6.53. The van der Waals surface area contributed by atoms with Gasteiger partial charge in [0.1, 0.15) is 24.1 Å². The first-order valence-electron chi connectivity index (χ1n) is 14.4. The maximum Gasteiger partial charge on any atom is 0.203 e. The number of nitrogens with one attached hydrogen (secondary N) is 2. The molecule has 12 nitrogen and oxygen atoms in total. The van der Waals surface area contributed by atoms with Gasteiger partial charge in [-0.05, 0) is 56.5 Å². The van der Waals surface area contributed by atoms with Crippen molar-refractivity contribution >= 4 is 34.0 Å². The third-order valence-corrected chi connectivity index (χ3v) is 8.07. The Labute approximate surface area is 240 Å². The quantitative estimate of drug-likeness (QED) is 0.259. The van der Waals surface area contributed by atoms with Crippen molar-refractivity contribution in [3.63, 3.8) is 0 Å². The van der Waals surface area contributed by atoms with Gasteiger partial charge in [0.2, 0.25) is 11.7 Å². The lowest BCUT2D eigenvalue weighted by molar-refractivity contribution is -0.205. The van der Waals surface area contributed by atoms with Crippen molar-refractivity contribution in [3.05, 3.63) is 36.4 Å². The zero-order valence-electron chi connectivity index (χ0n) is 24.8. The second-order valence-electron chi connectivity index (χ2n) is 12.5. The summed E-state index contributed by atoms with van der Waals surface area (Å²) in [5, 5.41) is 3.46. The van der Waals surface area contributed by atoms with Crippen LogP contribution in [0.3, 0.4) is 0 Å². The third kappa shape index (κ3) is 5.14. The number of likely N-dealkylation sites (N-methyl/N-ethyl adjacent to an activating group) is 1.